The summed E-state index contributed by atoms with van der Waals surface area (Å²) in [6.45, 7) is 11.4. The third-order valence-electron chi connectivity index (χ3n) is 3.92. The second kappa shape index (κ2) is 11.1. The van der Waals surface area contributed by atoms with E-state index in [2.05, 4.69) is 87.4 Å². The third kappa shape index (κ3) is 7.36. The lowest BCUT2D eigenvalue weighted by Gasteiger charge is -2.18. The van der Waals surface area contributed by atoms with Gasteiger partial charge in [0.15, 0.2) is 8.07 Å². The summed E-state index contributed by atoms with van der Waals surface area (Å²) in [5.74, 6) is 3.39. The zero-order chi connectivity index (χ0) is 17.8. The van der Waals surface area contributed by atoms with Crippen LogP contribution in [0.3, 0.4) is 0 Å². The molecule has 0 nitrogen and oxygen atoms in total. The van der Waals surface area contributed by atoms with Gasteiger partial charge in [0.2, 0.25) is 0 Å². The maximum atomic E-state index is 3.60. The van der Waals surface area contributed by atoms with Crippen molar-refractivity contribution in [1.29, 1.82) is 0 Å². The lowest BCUT2D eigenvalue weighted by atomic mass is 9.95. The molecule has 0 aliphatic carbocycles. The highest BCUT2D eigenvalue weighted by molar-refractivity contribution is 6.90. The van der Waals surface area contributed by atoms with E-state index in [0.29, 0.717) is 0 Å². The highest BCUT2D eigenvalue weighted by Crippen LogP contribution is 2.29. The van der Waals surface area contributed by atoms with Crippen molar-refractivity contribution in [3.8, 4) is 11.5 Å². The van der Waals surface area contributed by atoms with Crippen molar-refractivity contribution in [1.82, 2.24) is 0 Å². The maximum absolute atomic E-state index is 3.60. The van der Waals surface area contributed by atoms with Crippen molar-refractivity contribution in [2.24, 2.45) is 0 Å². The molecule has 1 aromatic rings. The van der Waals surface area contributed by atoms with E-state index in [1.807, 2.05) is 0 Å². The number of hydrogen-bond acceptors (Lipinski definition) is 0. The van der Waals surface area contributed by atoms with Crippen LogP contribution in [0, 0.1) is 11.5 Å². The van der Waals surface area contributed by atoms with Gasteiger partial charge in [-0.3, -0.25) is 0 Å². The van der Waals surface area contributed by atoms with Crippen LogP contribution in [0.15, 0.2) is 47.7 Å². The van der Waals surface area contributed by atoms with E-state index in [4.69, 9.17) is 0 Å². The molecule has 0 heterocycles. The van der Waals surface area contributed by atoms with Crippen molar-refractivity contribution >= 4 is 13.6 Å². The number of allylic oxidation sites excluding steroid dienone is 3. The van der Waals surface area contributed by atoms with E-state index in [1.54, 1.807) is 0 Å². The second-order valence-electron chi connectivity index (χ2n) is 6.97. The molecule has 0 bridgehead atoms. The predicted molar refractivity (Wildman–Crippen MR) is 112 cm³/mol. The summed E-state index contributed by atoms with van der Waals surface area (Å²) < 4.78 is 0. The Morgan fingerprint density at radius 2 is 1.71 bits per heavy atom. The monoisotopic (exact) mass is 338 g/mol. The van der Waals surface area contributed by atoms with Gasteiger partial charge in [-0.15, -0.1) is 11.5 Å². The van der Waals surface area contributed by atoms with Gasteiger partial charge in [-0.2, -0.15) is 0 Å². The van der Waals surface area contributed by atoms with Gasteiger partial charge < -0.3 is 0 Å². The maximum Gasteiger partial charge on any atom is 0.156 e. The van der Waals surface area contributed by atoms with Gasteiger partial charge in [-0.05, 0) is 36.0 Å². The van der Waals surface area contributed by atoms with Crippen LogP contribution in [0.2, 0.25) is 13.1 Å². The minimum Gasteiger partial charge on any atom is -0.127 e. The number of benzene rings is 1. The van der Waals surface area contributed by atoms with Crippen LogP contribution in [-0.2, 0) is 0 Å². The molecule has 0 aromatic heterocycles. The molecule has 0 fully saturated rings. The molecule has 0 atom stereocenters. The number of unbranched alkanes of at least 4 members (excludes halogenated alkanes) is 2. The zero-order valence-electron chi connectivity index (χ0n) is 16.3. The third-order valence-corrected chi connectivity index (χ3v) is 5.75. The molecule has 1 rings (SSSR count). The van der Waals surface area contributed by atoms with Crippen LogP contribution in [0.5, 0.6) is 0 Å². The summed E-state index contributed by atoms with van der Waals surface area (Å²) in [7, 11) is -1.68. The molecule has 0 N–H and O–H groups in total. The average Bonchev–Trinajstić information content (AvgIpc) is 2.57. The normalized spacial score (nSPS) is 12.7. The predicted octanol–water partition coefficient (Wildman–Crippen LogP) is 7.19. The van der Waals surface area contributed by atoms with Gasteiger partial charge >= 0.3 is 0 Å². The standard InChI is InChI=1S/C23H34Si/c1-6-9-14-19-24(4,5)20-23(22-17-12-11-13-18-22)21(15-8-3)16-10-7-2/h11-13,16-18,20H,6-10,15H2,1-5H3. The fourth-order valence-electron chi connectivity index (χ4n) is 2.73. The molecule has 0 aliphatic rings. The molecule has 0 amide bonds. The van der Waals surface area contributed by atoms with Crippen molar-refractivity contribution in [3.63, 3.8) is 0 Å². The van der Waals surface area contributed by atoms with Gasteiger partial charge in [0.1, 0.15) is 0 Å². The summed E-state index contributed by atoms with van der Waals surface area (Å²) in [4.78, 5) is 0. The number of hydrogen-bond donors (Lipinski definition) is 0. The fraction of sp³-hybridized carbons (Fsp3) is 0.478. The summed E-state index contributed by atoms with van der Waals surface area (Å²) in [5, 5.41) is 0. The van der Waals surface area contributed by atoms with Crippen LogP contribution >= 0.6 is 0 Å². The largest absolute Gasteiger partial charge is 0.156 e. The van der Waals surface area contributed by atoms with E-state index in [0.717, 1.165) is 25.7 Å². The Balaban J connectivity index is 3.33. The van der Waals surface area contributed by atoms with Crippen LogP contribution in [0.1, 0.15) is 64.9 Å². The SMILES string of the molecule is CCCC#C[Si](C)(C)C=C(C(=CCCC)CCC)c1ccccc1. The molecule has 0 saturated carbocycles. The summed E-state index contributed by atoms with van der Waals surface area (Å²) >= 11 is 0. The van der Waals surface area contributed by atoms with Crippen molar-refractivity contribution in [3.05, 3.63) is 53.2 Å². The highest BCUT2D eigenvalue weighted by atomic mass is 28.3. The molecule has 0 saturated heterocycles. The van der Waals surface area contributed by atoms with E-state index >= 15 is 0 Å². The van der Waals surface area contributed by atoms with E-state index in [-0.39, 0.29) is 0 Å². The topological polar surface area (TPSA) is 0 Å². The van der Waals surface area contributed by atoms with Crippen LogP contribution in [0.25, 0.3) is 5.57 Å². The van der Waals surface area contributed by atoms with E-state index < -0.39 is 8.07 Å². The second-order valence-corrected chi connectivity index (χ2v) is 10.9. The van der Waals surface area contributed by atoms with Gasteiger partial charge in [0, 0.05) is 6.42 Å². The zero-order valence-corrected chi connectivity index (χ0v) is 17.3. The summed E-state index contributed by atoms with van der Waals surface area (Å²) in [6, 6.07) is 10.9. The van der Waals surface area contributed by atoms with Gasteiger partial charge in [-0.25, -0.2) is 0 Å². The lowest BCUT2D eigenvalue weighted by molar-refractivity contribution is 0.898. The molecule has 0 aliphatic heterocycles. The first kappa shape index (κ1) is 20.5. The summed E-state index contributed by atoms with van der Waals surface area (Å²) in [6.07, 6.45) is 9.29. The Morgan fingerprint density at radius 3 is 2.29 bits per heavy atom. The van der Waals surface area contributed by atoms with Gasteiger partial charge in [0.25, 0.3) is 0 Å². The van der Waals surface area contributed by atoms with E-state index in [1.165, 1.54) is 29.6 Å². The Hall–Kier alpha value is -1.52. The first-order chi connectivity index (χ1) is 11.5. The highest BCUT2D eigenvalue weighted by Gasteiger charge is 2.18. The lowest BCUT2D eigenvalue weighted by Crippen LogP contribution is -2.21. The van der Waals surface area contributed by atoms with Crippen molar-refractivity contribution < 1.29 is 0 Å². The minimum atomic E-state index is -1.68. The average molecular weight is 339 g/mol. The van der Waals surface area contributed by atoms with Crippen LogP contribution in [-0.4, -0.2) is 8.07 Å². The van der Waals surface area contributed by atoms with Gasteiger partial charge in [-0.1, -0.05) is 88.8 Å². The van der Waals surface area contributed by atoms with Crippen molar-refractivity contribution in [2.75, 3.05) is 0 Å². The Morgan fingerprint density at radius 1 is 1.00 bits per heavy atom. The minimum absolute atomic E-state index is 1.01. The molecular weight excluding hydrogens is 304 g/mol. The van der Waals surface area contributed by atoms with Crippen LogP contribution in [0.4, 0.5) is 0 Å². The number of rotatable bonds is 8. The molecule has 24 heavy (non-hydrogen) atoms. The van der Waals surface area contributed by atoms with Gasteiger partial charge in [0.05, 0.1) is 0 Å². The van der Waals surface area contributed by atoms with Crippen molar-refractivity contribution in [2.45, 2.75) is 72.4 Å². The molecule has 0 spiro atoms. The molecule has 0 radical (unpaired) electrons. The molecular formula is C23H34Si. The first-order valence-electron chi connectivity index (χ1n) is 9.51. The smallest absolute Gasteiger partial charge is 0.127 e. The van der Waals surface area contributed by atoms with Crippen LogP contribution < -0.4 is 0 Å². The molecule has 1 aromatic carbocycles. The molecule has 130 valence electrons. The molecule has 1 heteroatoms. The summed E-state index contributed by atoms with van der Waals surface area (Å²) in [5.41, 5.74) is 10.4. The molecule has 0 unspecified atom stereocenters. The Labute approximate surface area is 151 Å². The Bertz CT molecular complexity index is 594. The van der Waals surface area contributed by atoms with E-state index in [9.17, 15) is 0 Å². The quantitative estimate of drug-likeness (QED) is 0.267. The first-order valence-corrected chi connectivity index (χ1v) is 12.6. The fourth-order valence-corrected chi connectivity index (χ4v) is 4.45. The Kier molecular flexibility index (Phi) is 9.50.